The maximum Gasteiger partial charge on any atom is 0.347 e. The third kappa shape index (κ3) is 3.00. The summed E-state index contributed by atoms with van der Waals surface area (Å²) in [4.78, 5) is 25.0. The summed E-state index contributed by atoms with van der Waals surface area (Å²) in [5.74, 6) is -1.32. The lowest BCUT2D eigenvalue weighted by Gasteiger charge is -2.27. The van der Waals surface area contributed by atoms with Gasteiger partial charge in [-0.15, -0.1) is 0 Å². The minimum absolute atomic E-state index is 0.184. The molecule has 0 saturated carbocycles. The molecular formula is C18H16ClNO3. The van der Waals surface area contributed by atoms with Crippen molar-refractivity contribution >= 4 is 23.5 Å². The minimum atomic E-state index is -0.974. The van der Waals surface area contributed by atoms with Crippen molar-refractivity contribution in [3.8, 4) is 0 Å². The van der Waals surface area contributed by atoms with E-state index in [0.29, 0.717) is 13.0 Å². The van der Waals surface area contributed by atoms with Gasteiger partial charge in [-0.25, -0.2) is 9.59 Å². The van der Waals surface area contributed by atoms with Crippen molar-refractivity contribution < 1.29 is 14.3 Å². The molecule has 0 aromatic heterocycles. The van der Waals surface area contributed by atoms with Gasteiger partial charge in [-0.2, -0.15) is 0 Å². The van der Waals surface area contributed by atoms with Crippen LogP contribution >= 0.6 is 11.6 Å². The molecule has 1 aliphatic heterocycles. The third-order valence-corrected chi connectivity index (χ3v) is 4.38. The maximum absolute atomic E-state index is 12.7. The summed E-state index contributed by atoms with van der Waals surface area (Å²) in [6.07, 6.45) is 1.43. The van der Waals surface area contributed by atoms with E-state index in [9.17, 15) is 9.59 Å². The van der Waals surface area contributed by atoms with Crippen LogP contribution in [0, 0.1) is 0 Å². The molecule has 1 fully saturated rings. The lowest BCUT2D eigenvalue weighted by molar-refractivity contribution is -0.145. The summed E-state index contributed by atoms with van der Waals surface area (Å²) in [5, 5.41) is 3.46. The number of esters is 2. The van der Waals surface area contributed by atoms with Gasteiger partial charge in [-0.05, 0) is 37.1 Å². The molecule has 2 aromatic rings. The average molecular weight is 330 g/mol. The number of rotatable bonds is 3. The van der Waals surface area contributed by atoms with E-state index < -0.39 is 17.5 Å². The summed E-state index contributed by atoms with van der Waals surface area (Å²) >= 11 is 5.99. The normalized spacial score (nSPS) is 20.2. The Labute approximate surface area is 139 Å². The first-order valence-electron chi connectivity index (χ1n) is 7.45. The summed E-state index contributed by atoms with van der Waals surface area (Å²) in [6, 6.07) is 15.8. The van der Waals surface area contributed by atoms with Gasteiger partial charge in [-0.1, -0.05) is 54.1 Å². The van der Waals surface area contributed by atoms with Crippen molar-refractivity contribution in [2.45, 2.75) is 18.4 Å². The highest BCUT2D eigenvalue weighted by molar-refractivity contribution is 6.33. The van der Waals surface area contributed by atoms with Crippen molar-refractivity contribution in [1.82, 2.24) is 5.32 Å². The Morgan fingerprint density at radius 3 is 2.39 bits per heavy atom. The topological polar surface area (TPSA) is 55.4 Å². The van der Waals surface area contributed by atoms with E-state index in [1.165, 1.54) is 6.07 Å². The van der Waals surface area contributed by atoms with Crippen molar-refractivity contribution in [1.29, 1.82) is 0 Å². The van der Waals surface area contributed by atoms with Crippen LogP contribution in [0.25, 0.3) is 0 Å². The maximum atomic E-state index is 12.7. The number of hydrogen-bond donors (Lipinski definition) is 1. The van der Waals surface area contributed by atoms with Gasteiger partial charge in [0.25, 0.3) is 0 Å². The minimum Gasteiger partial charge on any atom is -0.388 e. The Hall–Kier alpha value is -2.17. The second-order valence-electron chi connectivity index (χ2n) is 5.46. The van der Waals surface area contributed by atoms with Gasteiger partial charge in [-0.3, -0.25) is 5.32 Å². The van der Waals surface area contributed by atoms with Gasteiger partial charge in [0, 0.05) is 0 Å². The number of benzene rings is 2. The van der Waals surface area contributed by atoms with Crippen LogP contribution in [0.1, 0.15) is 28.8 Å². The molecule has 2 aromatic carbocycles. The number of hydrogen-bond acceptors (Lipinski definition) is 4. The van der Waals surface area contributed by atoms with Crippen LogP contribution in [0.2, 0.25) is 5.02 Å². The molecule has 0 unspecified atom stereocenters. The SMILES string of the molecule is O=C(OC(=O)[C@]1(c2ccccc2)CCCN1)c1ccccc1Cl. The molecular weight excluding hydrogens is 314 g/mol. The highest BCUT2D eigenvalue weighted by Gasteiger charge is 2.45. The van der Waals surface area contributed by atoms with Crippen LogP contribution in [0.5, 0.6) is 0 Å². The lowest BCUT2D eigenvalue weighted by Crippen LogP contribution is -2.46. The van der Waals surface area contributed by atoms with Crippen LogP contribution in [-0.4, -0.2) is 18.5 Å². The molecule has 0 aliphatic carbocycles. The highest BCUT2D eigenvalue weighted by atomic mass is 35.5. The molecule has 23 heavy (non-hydrogen) atoms. The summed E-state index contributed by atoms with van der Waals surface area (Å²) < 4.78 is 5.13. The highest BCUT2D eigenvalue weighted by Crippen LogP contribution is 2.32. The molecule has 0 amide bonds. The molecule has 1 N–H and O–H groups in total. The quantitative estimate of drug-likeness (QED) is 0.693. The van der Waals surface area contributed by atoms with E-state index in [0.717, 1.165) is 12.0 Å². The first-order chi connectivity index (χ1) is 11.1. The Bertz CT molecular complexity index is 724. The molecule has 1 aliphatic rings. The molecule has 5 heteroatoms. The fourth-order valence-electron chi connectivity index (χ4n) is 2.86. The van der Waals surface area contributed by atoms with Crippen LogP contribution in [0.4, 0.5) is 0 Å². The predicted molar refractivity (Wildman–Crippen MR) is 87.2 cm³/mol. The molecule has 0 bridgehead atoms. The van der Waals surface area contributed by atoms with E-state index in [4.69, 9.17) is 16.3 Å². The zero-order valence-corrected chi connectivity index (χ0v) is 13.2. The third-order valence-electron chi connectivity index (χ3n) is 4.05. The van der Waals surface area contributed by atoms with Gasteiger partial charge < -0.3 is 4.74 Å². The van der Waals surface area contributed by atoms with Crippen molar-refractivity contribution in [2.24, 2.45) is 0 Å². The van der Waals surface area contributed by atoms with Gasteiger partial charge in [0.15, 0.2) is 0 Å². The predicted octanol–water partition coefficient (Wildman–Crippen LogP) is 3.30. The van der Waals surface area contributed by atoms with Crippen molar-refractivity contribution in [3.63, 3.8) is 0 Å². The molecule has 1 heterocycles. The van der Waals surface area contributed by atoms with E-state index in [1.807, 2.05) is 30.3 Å². The molecule has 0 radical (unpaired) electrons. The fraction of sp³-hybridized carbons (Fsp3) is 0.222. The standard InChI is InChI=1S/C18H16ClNO3/c19-15-10-5-4-9-14(15)16(21)23-17(22)18(11-6-12-20-18)13-7-2-1-3-8-13/h1-5,7-10,20H,6,11-12H2/t18-/m1/s1. The largest absolute Gasteiger partial charge is 0.388 e. The summed E-state index contributed by atoms with van der Waals surface area (Å²) in [7, 11) is 0. The Kier molecular flexibility index (Phi) is 4.46. The molecule has 1 saturated heterocycles. The number of nitrogens with one attached hydrogen (secondary N) is 1. The summed E-state index contributed by atoms with van der Waals surface area (Å²) in [6.45, 7) is 0.699. The smallest absolute Gasteiger partial charge is 0.347 e. The van der Waals surface area contributed by atoms with E-state index in [2.05, 4.69) is 5.32 Å². The van der Waals surface area contributed by atoms with Crippen LogP contribution < -0.4 is 5.32 Å². The fourth-order valence-corrected chi connectivity index (χ4v) is 3.07. The lowest BCUT2D eigenvalue weighted by atomic mass is 9.88. The monoisotopic (exact) mass is 329 g/mol. The van der Waals surface area contributed by atoms with Gasteiger partial charge in [0.05, 0.1) is 10.6 Å². The number of carbonyl (C=O) groups is 2. The van der Waals surface area contributed by atoms with Gasteiger partial charge >= 0.3 is 11.9 Å². The zero-order chi connectivity index (χ0) is 16.3. The Balaban J connectivity index is 1.86. The van der Waals surface area contributed by atoms with Crippen molar-refractivity contribution in [2.75, 3.05) is 6.54 Å². The first kappa shape index (κ1) is 15.7. The van der Waals surface area contributed by atoms with E-state index in [-0.39, 0.29) is 10.6 Å². The van der Waals surface area contributed by atoms with E-state index in [1.54, 1.807) is 18.2 Å². The molecule has 3 rings (SSSR count). The average Bonchev–Trinajstić information content (AvgIpc) is 3.07. The molecule has 0 spiro atoms. The Morgan fingerprint density at radius 2 is 1.74 bits per heavy atom. The number of halogens is 1. The first-order valence-corrected chi connectivity index (χ1v) is 7.83. The number of carbonyl (C=O) groups excluding carboxylic acids is 2. The number of ether oxygens (including phenoxy) is 1. The van der Waals surface area contributed by atoms with Crippen LogP contribution in [-0.2, 0) is 15.1 Å². The molecule has 118 valence electrons. The van der Waals surface area contributed by atoms with Crippen molar-refractivity contribution in [3.05, 3.63) is 70.7 Å². The van der Waals surface area contributed by atoms with Crippen LogP contribution in [0.15, 0.2) is 54.6 Å². The zero-order valence-electron chi connectivity index (χ0n) is 12.4. The Morgan fingerprint density at radius 1 is 1.04 bits per heavy atom. The second-order valence-corrected chi connectivity index (χ2v) is 5.87. The second kappa shape index (κ2) is 6.52. The molecule has 1 atom stereocenters. The van der Waals surface area contributed by atoms with Gasteiger partial charge in [0.2, 0.25) is 0 Å². The molecule has 4 nitrogen and oxygen atoms in total. The van der Waals surface area contributed by atoms with Crippen LogP contribution in [0.3, 0.4) is 0 Å². The summed E-state index contributed by atoms with van der Waals surface area (Å²) in [5.41, 5.74) is 0.0104. The van der Waals surface area contributed by atoms with E-state index >= 15 is 0 Å². The van der Waals surface area contributed by atoms with Gasteiger partial charge in [0.1, 0.15) is 5.54 Å².